The molecule has 0 bridgehead atoms. The van der Waals surface area contributed by atoms with Gasteiger partial charge in [-0.2, -0.15) is 0 Å². The van der Waals surface area contributed by atoms with Crippen molar-refractivity contribution < 1.29 is 9.53 Å². The molecule has 0 amide bonds. The predicted octanol–water partition coefficient (Wildman–Crippen LogP) is 1.86. The Kier molecular flexibility index (Phi) is 4.36. The minimum absolute atomic E-state index is 0.206. The topological polar surface area (TPSA) is 29.5 Å². The Hall–Kier alpha value is -0.410. The second-order valence-electron chi connectivity index (χ2n) is 5.33. The van der Waals surface area contributed by atoms with Crippen LogP contribution in [0.5, 0.6) is 0 Å². The summed E-state index contributed by atoms with van der Waals surface area (Å²) in [4.78, 5) is 13.8. The molecule has 0 saturated carbocycles. The third-order valence-corrected chi connectivity index (χ3v) is 3.84. The van der Waals surface area contributed by atoms with Gasteiger partial charge in [-0.1, -0.05) is 12.8 Å². The Bertz CT molecular complexity index is 216. The first kappa shape index (κ1) is 12.1. The fraction of sp³-hybridized carbons (Fsp3) is 0.923. The molecule has 2 aliphatic heterocycles. The van der Waals surface area contributed by atoms with Gasteiger partial charge in [0, 0.05) is 13.2 Å². The molecule has 3 heteroatoms. The monoisotopic (exact) mass is 225 g/mol. The smallest absolute Gasteiger partial charge is 0.129 e. The number of carbonyl (C=O) groups is 1. The Morgan fingerprint density at radius 2 is 1.88 bits per heavy atom. The molecular weight excluding hydrogens is 202 g/mol. The predicted molar refractivity (Wildman–Crippen MR) is 63.5 cm³/mol. The van der Waals surface area contributed by atoms with Crippen molar-refractivity contribution in [2.45, 2.75) is 38.5 Å². The standard InChI is InChI=1S/C13H23NO2/c15-11-13(6-5-9-16-12-13)10-14-7-3-1-2-4-8-14/h11H,1-10,12H2. The van der Waals surface area contributed by atoms with Crippen LogP contribution in [0.15, 0.2) is 0 Å². The second kappa shape index (κ2) is 5.78. The largest absolute Gasteiger partial charge is 0.380 e. The molecule has 92 valence electrons. The summed E-state index contributed by atoms with van der Waals surface area (Å²) in [5.41, 5.74) is -0.206. The van der Waals surface area contributed by atoms with Crippen molar-refractivity contribution in [3.8, 4) is 0 Å². The molecule has 16 heavy (non-hydrogen) atoms. The normalized spacial score (nSPS) is 33.2. The van der Waals surface area contributed by atoms with E-state index in [1.807, 2.05) is 0 Å². The van der Waals surface area contributed by atoms with Crippen LogP contribution in [-0.2, 0) is 9.53 Å². The van der Waals surface area contributed by atoms with Gasteiger partial charge in [-0.15, -0.1) is 0 Å². The van der Waals surface area contributed by atoms with Gasteiger partial charge in [0.25, 0.3) is 0 Å². The van der Waals surface area contributed by atoms with E-state index in [4.69, 9.17) is 4.74 Å². The van der Waals surface area contributed by atoms with E-state index in [-0.39, 0.29) is 5.41 Å². The van der Waals surface area contributed by atoms with Crippen molar-refractivity contribution in [1.29, 1.82) is 0 Å². The minimum atomic E-state index is -0.206. The lowest BCUT2D eigenvalue weighted by atomic mass is 9.83. The van der Waals surface area contributed by atoms with Crippen molar-refractivity contribution in [3.63, 3.8) is 0 Å². The molecule has 2 saturated heterocycles. The van der Waals surface area contributed by atoms with E-state index in [1.165, 1.54) is 25.7 Å². The van der Waals surface area contributed by atoms with Crippen molar-refractivity contribution >= 4 is 6.29 Å². The molecule has 3 nitrogen and oxygen atoms in total. The number of ether oxygens (including phenoxy) is 1. The van der Waals surface area contributed by atoms with Gasteiger partial charge in [-0.3, -0.25) is 0 Å². The third-order valence-electron chi connectivity index (χ3n) is 3.84. The number of likely N-dealkylation sites (tertiary alicyclic amines) is 1. The highest BCUT2D eigenvalue weighted by Gasteiger charge is 2.34. The summed E-state index contributed by atoms with van der Waals surface area (Å²) >= 11 is 0. The second-order valence-corrected chi connectivity index (χ2v) is 5.33. The summed E-state index contributed by atoms with van der Waals surface area (Å²) in [6.45, 7) is 4.70. The van der Waals surface area contributed by atoms with Gasteiger partial charge in [0.2, 0.25) is 0 Å². The van der Waals surface area contributed by atoms with Gasteiger partial charge in [-0.05, 0) is 38.8 Å². The number of hydrogen-bond donors (Lipinski definition) is 0. The molecule has 2 aliphatic rings. The van der Waals surface area contributed by atoms with E-state index in [2.05, 4.69) is 4.90 Å². The summed E-state index contributed by atoms with van der Waals surface area (Å²) < 4.78 is 5.49. The minimum Gasteiger partial charge on any atom is -0.380 e. The highest BCUT2D eigenvalue weighted by Crippen LogP contribution is 2.28. The van der Waals surface area contributed by atoms with E-state index in [0.717, 1.165) is 45.4 Å². The fourth-order valence-corrected chi connectivity index (χ4v) is 2.87. The Balaban J connectivity index is 1.91. The molecule has 0 aromatic rings. The zero-order valence-electron chi connectivity index (χ0n) is 10.1. The van der Waals surface area contributed by atoms with Crippen LogP contribution in [-0.4, -0.2) is 44.0 Å². The fourth-order valence-electron chi connectivity index (χ4n) is 2.87. The first-order valence-corrected chi connectivity index (χ1v) is 6.61. The molecule has 0 aliphatic carbocycles. The van der Waals surface area contributed by atoms with E-state index >= 15 is 0 Å². The van der Waals surface area contributed by atoms with Crippen LogP contribution >= 0.6 is 0 Å². The molecule has 1 unspecified atom stereocenters. The van der Waals surface area contributed by atoms with Crippen molar-refractivity contribution in [2.24, 2.45) is 5.41 Å². The van der Waals surface area contributed by atoms with Gasteiger partial charge in [0.15, 0.2) is 0 Å². The molecule has 0 radical (unpaired) electrons. The highest BCUT2D eigenvalue weighted by molar-refractivity contribution is 5.60. The van der Waals surface area contributed by atoms with E-state index in [9.17, 15) is 4.79 Å². The molecule has 0 aromatic carbocycles. The zero-order valence-corrected chi connectivity index (χ0v) is 10.1. The van der Waals surface area contributed by atoms with Gasteiger partial charge >= 0.3 is 0 Å². The maximum absolute atomic E-state index is 11.3. The number of carbonyl (C=O) groups excluding carboxylic acids is 1. The Morgan fingerprint density at radius 3 is 2.44 bits per heavy atom. The van der Waals surface area contributed by atoms with E-state index < -0.39 is 0 Å². The van der Waals surface area contributed by atoms with Crippen LogP contribution in [0.3, 0.4) is 0 Å². The lowest BCUT2D eigenvalue weighted by Gasteiger charge is -2.36. The SMILES string of the molecule is O=CC1(CN2CCCCCC2)CCCOC1. The maximum atomic E-state index is 11.3. The molecule has 2 rings (SSSR count). The van der Waals surface area contributed by atoms with E-state index in [1.54, 1.807) is 0 Å². The molecule has 2 fully saturated rings. The van der Waals surface area contributed by atoms with Crippen LogP contribution in [0.2, 0.25) is 0 Å². The molecule has 2 heterocycles. The summed E-state index contributed by atoms with van der Waals surface area (Å²) in [6, 6.07) is 0. The van der Waals surface area contributed by atoms with Crippen molar-refractivity contribution in [3.05, 3.63) is 0 Å². The molecule has 0 aromatic heterocycles. The van der Waals surface area contributed by atoms with Crippen LogP contribution in [0.25, 0.3) is 0 Å². The zero-order chi connectivity index (χ0) is 11.3. The third kappa shape index (κ3) is 3.05. The lowest BCUT2D eigenvalue weighted by Crippen LogP contribution is -2.44. The van der Waals surface area contributed by atoms with Gasteiger partial charge in [0.1, 0.15) is 6.29 Å². The summed E-state index contributed by atoms with van der Waals surface area (Å²) in [5.74, 6) is 0. The van der Waals surface area contributed by atoms with E-state index in [0.29, 0.717) is 6.61 Å². The Labute approximate surface area is 98.1 Å². The first-order valence-electron chi connectivity index (χ1n) is 6.61. The quantitative estimate of drug-likeness (QED) is 0.687. The first-order chi connectivity index (χ1) is 7.85. The van der Waals surface area contributed by atoms with Gasteiger partial charge in [0.05, 0.1) is 12.0 Å². The average molecular weight is 225 g/mol. The van der Waals surface area contributed by atoms with Gasteiger partial charge in [-0.25, -0.2) is 0 Å². The number of nitrogens with zero attached hydrogens (tertiary/aromatic N) is 1. The maximum Gasteiger partial charge on any atom is 0.129 e. The summed E-state index contributed by atoms with van der Waals surface area (Å²) in [6.07, 6.45) is 8.46. The van der Waals surface area contributed by atoms with Crippen molar-refractivity contribution in [2.75, 3.05) is 32.8 Å². The number of rotatable bonds is 3. The summed E-state index contributed by atoms with van der Waals surface area (Å²) in [5, 5.41) is 0. The van der Waals surface area contributed by atoms with Crippen LogP contribution in [0.4, 0.5) is 0 Å². The van der Waals surface area contributed by atoms with Crippen LogP contribution in [0.1, 0.15) is 38.5 Å². The average Bonchev–Trinajstić information content (AvgIpc) is 2.59. The molecular formula is C13H23NO2. The molecule has 1 atom stereocenters. The molecule has 0 spiro atoms. The van der Waals surface area contributed by atoms with Crippen LogP contribution < -0.4 is 0 Å². The highest BCUT2D eigenvalue weighted by atomic mass is 16.5. The van der Waals surface area contributed by atoms with Crippen molar-refractivity contribution in [1.82, 2.24) is 4.90 Å². The Morgan fingerprint density at radius 1 is 1.12 bits per heavy atom. The van der Waals surface area contributed by atoms with Crippen LogP contribution in [0, 0.1) is 5.41 Å². The number of aldehydes is 1. The van der Waals surface area contributed by atoms with Gasteiger partial charge < -0.3 is 14.4 Å². The number of hydrogen-bond acceptors (Lipinski definition) is 3. The molecule has 0 N–H and O–H groups in total. The lowest BCUT2D eigenvalue weighted by molar-refractivity contribution is -0.125. The summed E-state index contributed by atoms with van der Waals surface area (Å²) in [7, 11) is 0.